The van der Waals surface area contributed by atoms with E-state index in [1.54, 1.807) is 27.7 Å². The first-order valence-corrected chi connectivity index (χ1v) is 5.53. The molecule has 100 valence electrons. The fourth-order valence-corrected chi connectivity index (χ4v) is 0.976. The zero-order valence-corrected chi connectivity index (χ0v) is 10.8. The number of hydrogen-bond acceptors (Lipinski definition) is 6. The minimum absolute atomic E-state index is 0.0479. The minimum atomic E-state index is -1.29. The summed E-state index contributed by atoms with van der Waals surface area (Å²) in [5, 5.41) is 12.0. The molecular weight excluding hydrogens is 226 g/mol. The number of esters is 2. The summed E-state index contributed by atoms with van der Waals surface area (Å²) in [6.45, 7) is 7.04. The highest BCUT2D eigenvalue weighted by Crippen LogP contribution is 2.07. The van der Waals surface area contributed by atoms with E-state index in [1.807, 2.05) is 0 Å². The van der Waals surface area contributed by atoms with Crippen molar-refractivity contribution in [1.82, 2.24) is 5.32 Å². The molecule has 0 radical (unpaired) electrons. The second-order valence-electron chi connectivity index (χ2n) is 4.49. The van der Waals surface area contributed by atoms with Gasteiger partial charge in [-0.25, -0.2) is 4.79 Å². The number of carbonyl (C=O) groups excluding carboxylic acids is 2. The van der Waals surface area contributed by atoms with Gasteiger partial charge in [0.1, 0.15) is 5.60 Å². The van der Waals surface area contributed by atoms with Crippen LogP contribution in [-0.2, 0) is 19.1 Å². The molecule has 0 spiro atoms. The second kappa shape index (κ2) is 7.24. The summed E-state index contributed by atoms with van der Waals surface area (Å²) < 4.78 is 9.62. The Balaban J connectivity index is 3.82. The Bertz CT molecular complexity index is 259. The average molecular weight is 247 g/mol. The smallest absolute Gasteiger partial charge is 0.336 e. The van der Waals surface area contributed by atoms with Crippen LogP contribution in [0.4, 0.5) is 0 Å². The van der Waals surface area contributed by atoms with Gasteiger partial charge >= 0.3 is 11.9 Å². The minimum Gasteiger partial charge on any atom is -0.465 e. The molecule has 1 atom stereocenters. The molecule has 17 heavy (non-hydrogen) atoms. The lowest BCUT2D eigenvalue weighted by molar-refractivity contribution is -0.165. The number of ether oxygens (including phenoxy) is 2. The molecule has 0 saturated carbocycles. The summed E-state index contributed by atoms with van der Waals surface area (Å²) >= 11 is 0. The third-order valence-electron chi connectivity index (χ3n) is 1.59. The standard InChI is InChI=1S/C11H21NO5/c1-5-16-9(14)7-12-6-8(13)10(15)17-11(2,3)4/h8,12-13H,5-7H2,1-4H3. The maximum atomic E-state index is 11.3. The number of aliphatic hydroxyl groups excluding tert-OH is 1. The molecule has 0 aromatic carbocycles. The summed E-state index contributed by atoms with van der Waals surface area (Å²) in [6.07, 6.45) is -1.29. The number of nitrogens with one attached hydrogen (secondary N) is 1. The van der Waals surface area contributed by atoms with Crippen LogP contribution in [0.1, 0.15) is 27.7 Å². The van der Waals surface area contributed by atoms with Crippen molar-refractivity contribution in [3.8, 4) is 0 Å². The van der Waals surface area contributed by atoms with Gasteiger partial charge in [-0.3, -0.25) is 4.79 Å². The zero-order chi connectivity index (χ0) is 13.5. The van der Waals surface area contributed by atoms with E-state index in [9.17, 15) is 14.7 Å². The summed E-state index contributed by atoms with van der Waals surface area (Å²) in [6, 6.07) is 0. The molecule has 0 rings (SSSR count). The summed E-state index contributed by atoms with van der Waals surface area (Å²) in [7, 11) is 0. The first kappa shape index (κ1) is 15.9. The molecule has 0 aliphatic carbocycles. The third kappa shape index (κ3) is 8.65. The van der Waals surface area contributed by atoms with Crippen molar-refractivity contribution in [3.63, 3.8) is 0 Å². The van der Waals surface area contributed by atoms with Crippen LogP contribution in [0.3, 0.4) is 0 Å². The van der Waals surface area contributed by atoms with Gasteiger partial charge in [0.2, 0.25) is 0 Å². The molecule has 0 aliphatic rings. The van der Waals surface area contributed by atoms with Crippen LogP contribution in [0.15, 0.2) is 0 Å². The first-order chi connectivity index (χ1) is 7.76. The van der Waals surface area contributed by atoms with Gasteiger partial charge in [-0.15, -0.1) is 0 Å². The highest BCUT2D eigenvalue weighted by Gasteiger charge is 2.22. The van der Waals surface area contributed by atoms with Gasteiger partial charge in [-0.1, -0.05) is 0 Å². The van der Waals surface area contributed by atoms with Crippen molar-refractivity contribution in [2.45, 2.75) is 39.4 Å². The highest BCUT2D eigenvalue weighted by atomic mass is 16.6. The Hall–Kier alpha value is -1.14. The third-order valence-corrected chi connectivity index (χ3v) is 1.59. The summed E-state index contributed by atoms with van der Waals surface area (Å²) in [5.41, 5.74) is -0.640. The Labute approximate surface area is 101 Å². The molecule has 6 heteroatoms. The van der Waals surface area contributed by atoms with Gasteiger partial charge in [0.15, 0.2) is 6.10 Å². The van der Waals surface area contributed by atoms with Gasteiger partial charge < -0.3 is 19.9 Å². The van der Waals surface area contributed by atoms with Gasteiger partial charge in [-0.05, 0) is 27.7 Å². The molecule has 0 aromatic heterocycles. The lowest BCUT2D eigenvalue weighted by Crippen LogP contribution is -2.39. The maximum Gasteiger partial charge on any atom is 0.336 e. The molecule has 6 nitrogen and oxygen atoms in total. The van der Waals surface area contributed by atoms with Crippen LogP contribution in [-0.4, -0.2) is 48.4 Å². The number of aliphatic hydroxyl groups is 1. The molecule has 1 unspecified atom stereocenters. The molecule has 2 N–H and O–H groups in total. The monoisotopic (exact) mass is 247 g/mol. The number of carbonyl (C=O) groups is 2. The Morgan fingerprint density at radius 1 is 1.35 bits per heavy atom. The van der Waals surface area contributed by atoms with Crippen molar-refractivity contribution in [1.29, 1.82) is 0 Å². The fourth-order valence-electron chi connectivity index (χ4n) is 0.976. The molecule has 0 heterocycles. The topological polar surface area (TPSA) is 84.9 Å². The lowest BCUT2D eigenvalue weighted by atomic mass is 10.2. The van der Waals surface area contributed by atoms with Crippen molar-refractivity contribution >= 4 is 11.9 Å². The van der Waals surface area contributed by atoms with Crippen molar-refractivity contribution in [2.75, 3.05) is 19.7 Å². The lowest BCUT2D eigenvalue weighted by Gasteiger charge is -2.21. The Kier molecular flexibility index (Phi) is 6.75. The number of rotatable bonds is 6. The molecule has 0 aliphatic heterocycles. The van der Waals surface area contributed by atoms with Crippen LogP contribution in [0, 0.1) is 0 Å². The van der Waals surface area contributed by atoms with E-state index in [0.717, 1.165) is 0 Å². The van der Waals surface area contributed by atoms with Crippen LogP contribution in [0.5, 0.6) is 0 Å². The Morgan fingerprint density at radius 2 is 1.94 bits per heavy atom. The van der Waals surface area contributed by atoms with Gasteiger partial charge in [0, 0.05) is 6.54 Å². The van der Waals surface area contributed by atoms with E-state index >= 15 is 0 Å². The maximum absolute atomic E-state index is 11.3. The normalized spacial score (nSPS) is 13.0. The van der Waals surface area contributed by atoms with Crippen molar-refractivity contribution in [3.05, 3.63) is 0 Å². The molecule has 0 fully saturated rings. The highest BCUT2D eigenvalue weighted by molar-refractivity contribution is 5.75. The summed E-state index contributed by atoms with van der Waals surface area (Å²) in [5.74, 6) is -1.14. The molecule has 0 bridgehead atoms. The Morgan fingerprint density at radius 3 is 2.41 bits per heavy atom. The van der Waals surface area contributed by atoms with Crippen LogP contribution in [0.2, 0.25) is 0 Å². The van der Waals surface area contributed by atoms with Gasteiger partial charge in [0.25, 0.3) is 0 Å². The second-order valence-corrected chi connectivity index (χ2v) is 4.49. The zero-order valence-electron chi connectivity index (χ0n) is 10.8. The van der Waals surface area contributed by atoms with E-state index in [0.29, 0.717) is 6.61 Å². The fraction of sp³-hybridized carbons (Fsp3) is 0.818. The van der Waals surface area contributed by atoms with Crippen LogP contribution < -0.4 is 5.32 Å². The van der Waals surface area contributed by atoms with E-state index < -0.39 is 23.6 Å². The molecule has 0 saturated heterocycles. The van der Waals surface area contributed by atoms with E-state index in [1.165, 1.54) is 0 Å². The molecular formula is C11H21NO5. The van der Waals surface area contributed by atoms with Crippen molar-refractivity contribution < 1.29 is 24.2 Å². The molecule has 0 amide bonds. The van der Waals surface area contributed by atoms with E-state index in [4.69, 9.17) is 4.74 Å². The predicted molar refractivity (Wildman–Crippen MR) is 61.4 cm³/mol. The van der Waals surface area contributed by atoms with Crippen molar-refractivity contribution in [2.24, 2.45) is 0 Å². The quantitative estimate of drug-likeness (QED) is 0.634. The average Bonchev–Trinajstić information content (AvgIpc) is 2.15. The molecule has 0 aromatic rings. The van der Waals surface area contributed by atoms with Crippen LogP contribution >= 0.6 is 0 Å². The van der Waals surface area contributed by atoms with E-state index in [-0.39, 0.29) is 13.1 Å². The predicted octanol–water partition coefficient (Wildman–Crippen LogP) is -0.158. The summed E-state index contributed by atoms with van der Waals surface area (Å²) in [4.78, 5) is 22.3. The SMILES string of the molecule is CCOC(=O)CNCC(O)C(=O)OC(C)(C)C. The van der Waals surface area contributed by atoms with E-state index in [2.05, 4.69) is 10.1 Å². The largest absolute Gasteiger partial charge is 0.465 e. The van der Waals surface area contributed by atoms with Gasteiger partial charge in [-0.2, -0.15) is 0 Å². The first-order valence-electron chi connectivity index (χ1n) is 5.53. The van der Waals surface area contributed by atoms with Crippen LogP contribution in [0.25, 0.3) is 0 Å². The van der Waals surface area contributed by atoms with Gasteiger partial charge in [0.05, 0.1) is 13.2 Å². The number of hydrogen-bond donors (Lipinski definition) is 2.